The van der Waals surface area contributed by atoms with E-state index in [9.17, 15) is 0 Å². The second-order valence-corrected chi connectivity index (χ2v) is 6.48. The predicted octanol–water partition coefficient (Wildman–Crippen LogP) is 3.74. The van der Waals surface area contributed by atoms with Crippen LogP contribution in [0.1, 0.15) is 43.7 Å². The van der Waals surface area contributed by atoms with E-state index < -0.39 is 0 Å². The average molecular weight is 471 g/mol. The highest BCUT2D eigenvalue weighted by atomic mass is 127. The number of nitrogens with zero attached hydrogens (tertiary/aromatic N) is 3. The minimum atomic E-state index is 0. The number of anilines is 1. The Morgan fingerprint density at radius 3 is 2.42 bits per heavy atom. The van der Waals surface area contributed by atoms with Crippen LogP contribution in [0.15, 0.2) is 39.8 Å². The molecule has 0 radical (unpaired) electrons. The molecule has 1 aromatic carbocycles. The van der Waals surface area contributed by atoms with Crippen molar-refractivity contribution in [2.24, 2.45) is 4.99 Å². The minimum absolute atomic E-state index is 0. The van der Waals surface area contributed by atoms with Gasteiger partial charge in [-0.2, -0.15) is 0 Å². The number of rotatable bonds is 7. The maximum absolute atomic E-state index is 5.35. The predicted molar refractivity (Wildman–Crippen MR) is 118 cm³/mol. The second-order valence-electron chi connectivity index (χ2n) is 6.48. The maximum Gasteiger partial charge on any atom is 0.191 e. The summed E-state index contributed by atoms with van der Waals surface area (Å²) in [6, 6.07) is 10.4. The number of benzene rings is 1. The van der Waals surface area contributed by atoms with Crippen LogP contribution in [0.4, 0.5) is 5.69 Å². The molecular formula is C19H30IN5O. The lowest BCUT2D eigenvalue weighted by molar-refractivity contribution is 0.372. The summed E-state index contributed by atoms with van der Waals surface area (Å²) in [4.78, 5) is 6.72. The summed E-state index contributed by atoms with van der Waals surface area (Å²) in [5.74, 6) is 1.94. The van der Waals surface area contributed by atoms with Gasteiger partial charge in [0.1, 0.15) is 0 Å². The highest BCUT2D eigenvalue weighted by Crippen LogP contribution is 2.14. The second kappa shape index (κ2) is 11.1. The fourth-order valence-corrected chi connectivity index (χ4v) is 2.27. The van der Waals surface area contributed by atoms with Crippen molar-refractivity contribution in [3.63, 3.8) is 0 Å². The maximum atomic E-state index is 5.35. The Bertz CT molecular complexity index is 679. The van der Waals surface area contributed by atoms with Crippen LogP contribution in [0, 0.1) is 0 Å². The number of hydrogen-bond donors (Lipinski definition) is 2. The van der Waals surface area contributed by atoms with Gasteiger partial charge in [-0.1, -0.05) is 31.1 Å². The molecule has 0 bridgehead atoms. The summed E-state index contributed by atoms with van der Waals surface area (Å²) >= 11 is 0. The molecular weight excluding hydrogens is 441 g/mol. The summed E-state index contributed by atoms with van der Waals surface area (Å²) in [7, 11) is 4.07. The van der Waals surface area contributed by atoms with E-state index in [1.54, 1.807) is 0 Å². The standard InChI is InChI=1S/C19H29N5O.HI/c1-6-20-19(22-13-17-11-18(14(2)3)23-25-17)21-12-15-7-9-16(10-8-15)24(4)5;/h7-11,14H,6,12-13H2,1-5H3,(H2,20,21,22);1H. The Hall–Kier alpha value is -1.77. The van der Waals surface area contributed by atoms with Crippen molar-refractivity contribution >= 4 is 35.6 Å². The molecule has 0 spiro atoms. The van der Waals surface area contributed by atoms with Gasteiger partial charge in [0.05, 0.1) is 18.8 Å². The van der Waals surface area contributed by atoms with E-state index in [0.717, 1.165) is 24.0 Å². The van der Waals surface area contributed by atoms with E-state index in [0.29, 0.717) is 19.0 Å². The molecule has 0 saturated carbocycles. The van der Waals surface area contributed by atoms with E-state index in [1.165, 1.54) is 11.3 Å². The third-order valence-corrected chi connectivity index (χ3v) is 3.82. The molecule has 0 amide bonds. The lowest BCUT2D eigenvalue weighted by atomic mass is 10.1. The molecule has 6 nitrogen and oxygen atoms in total. The van der Waals surface area contributed by atoms with E-state index in [2.05, 4.69) is 63.8 Å². The number of guanidine groups is 1. The smallest absolute Gasteiger partial charge is 0.191 e. The molecule has 144 valence electrons. The van der Waals surface area contributed by atoms with E-state index >= 15 is 0 Å². The molecule has 7 heteroatoms. The first-order valence-corrected chi connectivity index (χ1v) is 8.73. The van der Waals surface area contributed by atoms with Crippen LogP contribution in [0.25, 0.3) is 0 Å². The lowest BCUT2D eigenvalue weighted by Gasteiger charge is -2.13. The van der Waals surface area contributed by atoms with Gasteiger partial charge in [0.25, 0.3) is 0 Å². The van der Waals surface area contributed by atoms with Crippen molar-refractivity contribution in [1.29, 1.82) is 0 Å². The molecule has 1 heterocycles. The summed E-state index contributed by atoms with van der Waals surface area (Å²) < 4.78 is 5.35. The van der Waals surface area contributed by atoms with Gasteiger partial charge >= 0.3 is 0 Å². The number of hydrogen-bond acceptors (Lipinski definition) is 4. The largest absolute Gasteiger partial charge is 0.378 e. The van der Waals surface area contributed by atoms with E-state index in [4.69, 9.17) is 4.52 Å². The molecule has 0 atom stereocenters. The first kappa shape index (κ1) is 22.3. The first-order valence-electron chi connectivity index (χ1n) is 8.73. The Morgan fingerprint density at radius 2 is 1.88 bits per heavy atom. The van der Waals surface area contributed by atoms with Crippen molar-refractivity contribution in [3.05, 3.63) is 47.3 Å². The molecule has 2 N–H and O–H groups in total. The molecule has 0 aliphatic heterocycles. The fourth-order valence-electron chi connectivity index (χ4n) is 2.27. The van der Waals surface area contributed by atoms with Gasteiger partial charge in [0.15, 0.2) is 11.7 Å². The monoisotopic (exact) mass is 471 g/mol. The van der Waals surface area contributed by atoms with Crippen LogP contribution in [0.2, 0.25) is 0 Å². The van der Waals surface area contributed by atoms with Gasteiger partial charge in [-0.05, 0) is 30.5 Å². The Morgan fingerprint density at radius 1 is 1.19 bits per heavy atom. The Kier molecular flexibility index (Phi) is 9.47. The van der Waals surface area contributed by atoms with Crippen LogP contribution in [-0.2, 0) is 13.1 Å². The molecule has 1 aromatic heterocycles. The van der Waals surface area contributed by atoms with Crippen molar-refractivity contribution in [1.82, 2.24) is 15.8 Å². The number of nitrogens with one attached hydrogen (secondary N) is 2. The molecule has 0 unspecified atom stereocenters. The topological polar surface area (TPSA) is 65.7 Å². The zero-order valence-corrected chi connectivity index (χ0v) is 18.6. The van der Waals surface area contributed by atoms with Crippen LogP contribution < -0.4 is 15.5 Å². The first-order chi connectivity index (χ1) is 12.0. The van der Waals surface area contributed by atoms with Crippen molar-refractivity contribution in [2.75, 3.05) is 25.5 Å². The Balaban J connectivity index is 0.00000338. The number of aromatic nitrogens is 1. The number of halogens is 1. The summed E-state index contributed by atoms with van der Waals surface area (Å²) in [5.41, 5.74) is 3.33. The van der Waals surface area contributed by atoms with E-state index in [-0.39, 0.29) is 24.0 Å². The summed E-state index contributed by atoms with van der Waals surface area (Å²) in [6.07, 6.45) is 0. The zero-order valence-electron chi connectivity index (χ0n) is 16.2. The molecule has 0 aliphatic rings. The summed E-state index contributed by atoms with van der Waals surface area (Å²) in [5, 5.41) is 10.6. The van der Waals surface area contributed by atoms with Crippen molar-refractivity contribution in [3.8, 4) is 0 Å². The van der Waals surface area contributed by atoms with Gasteiger partial charge in [-0.25, -0.2) is 4.99 Å². The quantitative estimate of drug-likeness (QED) is 0.366. The van der Waals surface area contributed by atoms with Crippen molar-refractivity contribution < 1.29 is 4.52 Å². The molecule has 2 aromatic rings. The fraction of sp³-hybridized carbons (Fsp3) is 0.474. The molecule has 0 aliphatic carbocycles. The molecule has 0 fully saturated rings. The van der Waals surface area contributed by atoms with Gasteiger partial charge in [-0.15, -0.1) is 24.0 Å². The van der Waals surface area contributed by atoms with Crippen LogP contribution in [0.5, 0.6) is 0 Å². The molecule has 26 heavy (non-hydrogen) atoms. The SMILES string of the molecule is CCNC(=NCc1ccc(N(C)C)cc1)NCc1cc(C(C)C)no1.I. The van der Waals surface area contributed by atoms with Gasteiger partial charge in [0.2, 0.25) is 0 Å². The third-order valence-electron chi connectivity index (χ3n) is 3.82. The minimum Gasteiger partial charge on any atom is -0.378 e. The average Bonchev–Trinajstić information content (AvgIpc) is 3.07. The lowest BCUT2D eigenvalue weighted by Crippen LogP contribution is -2.36. The third kappa shape index (κ3) is 6.86. The van der Waals surface area contributed by atoms with Gasteiger partial charge < -0.3 is 20.1 Å². The highest BCUT2D eigenvalue weighted by molar-refractivity contribution is 14.0. The van der Waals surface area contributed by atoms with Crippen LogP contribution >= 0.6 is 24.0 Å². The van der Waals surface area contributed by atoms with Gasteiger partial charge in [0, 0.05) is 32.4 Å². The van der Waals surface area contributed by atoms with Gasteiger partial charge in [-0.3, -0.25) is 0 Å². The highest BCUT2D eigenvalue weighted by Gasteiger charge is 2.08. The summed E-state index contributed by atoms with van der Waals surface area (Å²) in [6.45, 7) is 8.24. The Labute approximate surface area is 173 Å². The zero-order chi connectivity index (χ0) is 18.2. The van der Waals surface area contributed by atoms with Crippen molar-refractivity contribution in [2.45, 2.75) is 39.8 Å². The normalized spacial score (nSPS) is 11.2. The molecule has 0 saturated heterocycles. The van der Waals surface area contributed by atoms with Crippen LogP contribution in [-0.4, -0.2) is 31.8 Å². The van der Waals surface area contributed by atoms with Crippen LogP contribution in [0.3, 0.4) is 0 Å². The van der Waals surface area contributed by atoms with E-state index in [1.807, 2.05) is 27.1 Å². The molecule has 2 rings (SSSR count). The number of aliphatic imine (C=N–C) groups is 1.